The van der Waals surface area contributed by atoms with Crippen molar-refractivity contribution in [1.82, 2.24) is 20.4 Å². The van der Waals surface area contributed by atoms with Crippen molar-refractivity contribution in [3.05, 3.63) is 35.9 Å². The Hall–Kier alpha value is -3.58. The van der Waals surface area contributed by atoms with E-state index >= 15 is 0 Å². The van der Waals surface area contributed by atoms with Gasteiger partial charge in [-0.05, 0) is 31.4 Å². The first-order valence-electron chi connectivity index (χ1n) is 16.0. The average Bonchev–Trinajstić information content (AvgIpc) is 3.07. The second-order valence-corrected chi connectivity index (χ2v) is 12.0. The molecule has 0 heterocycles. The van der Waals surface area contributed by atoms with Gasteiger partial charge < -0.3 is 25.7 Å². The van der Waals surface area contributed by atoms with Crippen LogP contribution in [0, 0.1) is 36.5 Å². The molecule has 1 aromatic carbocycles. The highest BCUT2D eigenvalue weighted by Crippen LogP contribution is 2.28. The van der Waals surface area contributed by atoms with Gasteiger partial charge in [-0.25, -0.2) is 13.2 Å². The first-order valence-corrected chi connectivity index (χ1v) is 16.0. The molecule has 2 rings (SSSR count). The number of carbonyl (C=O) groups excluding carboxylic acids is 3. The fraction of sp³-hybridized carbons (Fsp3) is 0.629. The Labute approximate surface area is 277 Å². The van der Waals surface area contributed by atoms with Crippen molar-refractivity contribution < 1.29 is 37.8 Å². The molecule has 4 N–H and O–H groups in total. The average molecular weight is 665 g/mol. The number of nitrogens with zero attached hydrogens (tertiary/aromatic N) is 2. The minimum absolute atomic E-state index is 0.0730. The molecule has 1 aromatic rings. The number of aliphatic hydroxyl groups excluding tert-OH is 2. The highest BCUT2D eigenvalue weighted by molar-refractivity contribution is 5.91. The van der Waals surface area contributed by atoms with E-state index in [1.165, 1.54) is 9.80 Å². The van der Waals surface area contributed by atoms with Gasteiger partial charge in [-0.3, -0.25) is 19.3 Å². The van der Waals surface area contributed by atoms with Crippen LogP contribution in [0.1, 0.15) is 63.4 Å². The van der Waals surface area contributed by atoms with Crippen LogP contribution >= 0.6 is 0 Å². The Kier molecular flexibility index (Phi) is 20.9. The molecule has 0 spiro atoms. The smallest absolute Gasteiger partial charge is 0.243 e. The minimum atomic E-state index is -1.75. The molecule has 1 aliphatic carbocycles. The van der Waals surface area contributed by atoms with E-state index in [0.717, 1.165) is 37.7 Å². The first-order chi connectivity index (χ1) is 22.5. The fourth-order valence-corrected chi connectivity index (χ4v) is 5.50. The lowest BCUT2D eigenvalue weighted by atomic mass is 9.82. The van der Waals surface area contributed by atoms with Crippen LogP contribution in [-0.4, -0.2) is 103 Å². The van der Waals surface area contributed by atoms with Gasteiger partial charge in [0.1, 0.15) is 18.9 Å². The van der Waals surface area contributed by atoms with Gasteiger partial charge in [0.2, 0.25) is 24.6 Å². The van der Waals surface area contributed by atoms with Crippen LogP contribution in [-0.2, 0) is 20.8 Å². The van der Waals surface area contributed by atoms with Crippen molar-refractivity contribution in [1.29, 1.82) is 0 Å². The molecule has 12 heteroatoms. The topological polar surface area (TPSA) is 122 Å². The molecular weight excluding hydrogens is 613 g/mol. The van der Waals surface area contributed by atoms with Crippen LogP contribution in [0.5, 0.6) is 0 Å². The molecule has 0 bridgehead atoms. The van der Waals surface area contributed by atoms with E-state index in [1.807, 2.05) is 30.3 Å². The highest BCUT2D eigenvalue weighted by Gasteiger charge is 2.33. The Morgan fingerprint density at radius 1 is 0.936 bits per heavy atom. The summed E-state index contributed by atoms with van der Waals surface area (Å²) in [5.41, 5.74) is 0.844. The van der Waals surface area contributed by atoms with Crippen LogP contribution < -0.4 is 10.6 Å². The second kappa shape index (κ2) is 23.7. The van der Waals surface area contributed by atoms with E-state index in [4.69, 9.17) is 12.8 Å². The van der Waals surface area contributed by atoms with Crippen LogP contribution in [0.15, 0.2) is 30.3 Å². The predicted octanol–water partition coefficient (Wildman–Crippen LogP) is 3.14. The van der Waals surface area contributed by atoms with Gasteiger partial charge in [0.05, 0.1) is 18.1 Å². The third kappa shape index (κ3) is 16.2. The zero-order valence-corrected chi connectivity index (χ0v) is 27.6. The second-order valence-electron chi connectivity index (χ2n) is 12.0. The van der Waals surface area contributed by atoms with Crippen molar-refractivity contribution in [2.75, 3.05) is 40.9 Å². The Morgan fingerprint density at radius 3 is 2.13 bits per heavy atom. The summed E-state index contributed by atoms with van der Waals surface area (Å²) in [5, 5.41) is 26.9. The molecule has 1 fully saturated rings. The molecule has 4 unspecified atom stereocenters. The summed E-state index contributed by atoms with van der Waals surface area (Å²) >= 11 is 0. The first kappa shape index (κ1) is 41.4. The molecule has 1 aliphatic rings. The van der Waals surface area contributed by atoms with Gasteiger partial charge in [-0.15, -0.1) is 24.7 Å². The summed E-state index contributed by atoms with van der Waals surface area (Å²) in [6, 6.07) is 7.33. The molecule has 0 aliphatic heterocycles. The quantitative estimate of drug-likeness (QED) is 0.141. The van der Waals surface area contributed by atoms with Crippen molar-refractivity contribution in [2.45, 2.75) is 88.5 Å². The number of benzene rings is 1. The van der Waals surface area contributed by atoms with E-state index in [9.17, 15) is 37.8 Å². The summed E-state index contributed by atoms with van der Waals surface area (Å²) in [6.45, 7) is -1.76. The van der Waals surface area contributed by atoms with Crippen LogP contribution in [0.25, 0.3) is 0 Å². The molecule has 0 radical (unpaired) electrons. The van der Waals surface area contributed by atoms with Crippen molar-refractivity contribution in [3.8, 4) is 24.7 Å². The lowest BCUT2D eigenvalue weighted by molar-refractivity contribution is -0.137. The highest BCUT2D eigenvalue weighted by atomic mass is 19.3. The number of hydrogen-bond donors (Lipinski definition) is 4. The number of carbonyl (C=O) groups is 3. The van der Waals surface area contributed by atoms with E-state index in [2.05, 4.69) is 22.5 Å². The number of likely N-dealkylation sites (N-methyl/N-ethyl adjacent to an activating group) is 2. The number of amides is 3. The molecule has 47 heavy (non-hydrogen) atoms. The molecule has 0 saturated heterocycles. The van der Waals surface area contributed by atoms with Gasteiger partial charge in [0, 0.05) is 39.4 Å². The monoisotopic (exact) mass is 664 g/mol. The van der Waals surface area contributed by atoms with E-state index in [1.54, 1.807) is 14.1 Å². The lowest BCUT2D eigenvalue weighted by Gasteiger charge is -2.33. The van der Waals surface area contributed by atoms with Crippen LogP contribution in [0.3, 0.4) is 0 Å². The Balaban J connectivity index is 0.00000354. The Bertz CT molecular complexity index is 1140. The van der Waals surface area contributed by atoms with Crippen molar-refractivity contribution in [3.63, 3.8) is 0 Å². The van der Waals surface area contributed by atoms with Crippen LogP contribution in [0.2, 0.25) is 0 Å². The summed E-state index contributed by atoms with van der Waals surface area (Å²) in [5.74, 6) is 2.86. The SMILES string of the molecule is C#CCC(O)C(O)C(CC1CCCCC1)NC(=O)[C@H](CC#C)NC(=O)C(CC(=O)N(C)CCN(C)CF)Cc1ccccc1.FCF. The molecule has 262 valence electrons. The molecule has 3 amide bonds. The zero-order valence-electron chi connectivity index (χ0n) is 27.6. The number of hydrogen-bond acceptors (Lipinski definition) is 6. The summed E-state index contributed by atoms with van der Waals surface area (Å²) in [4.78, 5) is 43.1. The maximum atomic E-state index is 13.6. The number of rotatable bonds is 18. The number of nitrogens with one attached hydrogen (secondary N) is 2. The third-order valence-corrected chi connectivity index (χ3v) is 8.29. The Morgan fingerprint density at radius 2 is 1.55 bits per heavy atom. The third-order valence-electron chi connectivity index (χ3n) is 8.29. The number of aliphatic hydroxyl groups is 2. The largest absolute Gasteiger partial charge is 0.389 e. The predicted molar refractivity (Wildman–Crippen MR) is 176 cm³/mol. The van der Waals surface area contributed by atoms with E-state index < -0.39 is 55.8 Å². The number of alkyl halides is 3. The normalized spacial score (nSPS) is 16.2. The minimum Gasteiger partial charge on any atom is -0.389 e. The molecular formula is C35H51F3N4O5. The summed E-state index contributed by atoms with van der Waals surface area (Å²) in [6.07, 6.45) is 14.0. The van der Waals surface area contributed by atoms with Gasteiger partial charge in [0.15, 0.2) is 0 Å². The van der Waals surface area contributed by atoms with Gasteiger partial charge in [-0.2, -0.15) is 0 Å². The number of halogens is 3. The standard InChI is InChI=1S/C34H49FN4O5.CH2F2/c1-5-13-28(34(44)37-29(32(42)30(40)14-6-2)22-26-17-11-8-12-18-26)36-33(43)27(21-25-15-9-7-10-16-25)23-31(41)39(4)20-19-38(3)24-35;2-1-3/h1-2,7,9-10,15-16,26-30,32,40,42H,8,11-14,17-24H2,3-4H3,(H,36,43)(H,37,44);1H2/t27?,28-,29?,30?,32?;/m0./s1. The maximum absolute atomic E-state index is 13.6. The van der Waals surface area contributed by atoms with Crippen molar-refractivity contribution >= 4 is 17.7 Å². The van der Waals surface area contributed by atoms with Crippen molar-refractivity contribution in [2.24, 2.45) is 11.8 Å². The zero-order chi connectivity index (χ0) is 35.2. The van der Waals surface area contributed by atoms with Gasteiger partial charge >= 0.3 is 0 Å². The summed E-state index contributed by atoms with van der Waals surface area (Å²) < 4.78 is 32.1. The lowest BCUT2D eigenvalue weighted by Crippen LogP contribution is -2.55. The molecule has 9 nitrogen and oxygen atoms in total. The van der Waals surface area contributed by atoms with E-state index in [-0.39, 0.29) is 44.1 Å². The summed E-state index contributed by atoms with van der Waals surface area (Å²) in [7, 11) is 3.21. The number of terminal acetylenes is 2. The maximum Gasteiger partial charge on any atom is 0.243 e. The van der Waals surface area contributed by atoms with Crippen LogP contribution in [0.4, 0.5) is 13.2 Å². The van der Waals surface area contributed by atoms with Gasteiger partial charge in [-0.1, -0.05) is 62.4 Å². The fourth-order valence-electron chi connectivity index (χ4n) is 5.50. The van der Waals surface area contributed by atoms with E-state index in [0.29, 0.717) is 13.0 Å². The molecule has 5 atom stereocenters. The van der Waals surface area contributed by atoms with Gasteiger partial charge in [0.25, 0.3) is 0 Å². The molecule has 1 saturated carbocycles. The molecule has 0 aromatic heterocycles.